The minimum atomic E-state index is -5.05. The number of nitrogens with one attached hydrogen (secondary N) is 3. The molecule has 7 aromatic rings. The van der Waals surface area contributed by atoms with Gasteiger partial charge in [-0.25, -0.2) is 9.78 Å². The van der Waals surface area contributed by atoms with Crippen LogP contribution in [-0.4, -0.2) is 91.3 Å². The molecule has 0 aliphatic heterocycles. The Kier molecular flexibility index (Phi) is 16.4. The van der Waals surface area contributed by atoms with E-state index in [-0.39, 0.29) is 114 Å². The van der Waals surface area contributed by atoms with Gasteiger partial charge < -0.3 is 31.1 Å². The number of pyridine rings is 1. The number of nitriles is 2. The quantitative estimate of drug-likeness (QED) is 0.0310. The van der Waals surface area contributed by atoms with Gasteiger partial charge >= 0.3 is 6.03 Å². The number of carbonyl (C=O) groups excluding carboxylic acids is 1. The van der Waals surface area contributed by atoms with Crippen LogP contribution in [-0.2, 0) is 30.4 Å². The molecule has 0 saturated carbocycles. The Labute approximate surface area is 435 Å². The standard InChI is InChI=1S/C45H35Cl2N11O12S4/c1-24-33(22-48)41(51-29-13-14-35(47)38(20-29)74(68,69)70)53-42(50-27-11-7-26(46)8-12-27)40(24)55-56-43-34(23-49)39(25-5-9-28(10-6-25)52-45(61)58(15-17-59)16-18-60)44(71-43)57-54-30-19-32-31(37(21-30)73(65,66)67)3-2-4-36(32)72(62,63)64/h2-14,19-21,59-60H,15-18H2,1H3,(H,52,61)(H2,50,51,53)(H,62,63,64)(H,65,66,67)(H,68,69,70). The summed E-state index contributed by atoms with van der Waals surface area (Å²) in [6.45, 7) is 0.610. The van der Waals surface area contributed by atoms with Gasteiger partial charge in [0.05, 0.1) is 29.5 Å². The van der Waals surface area contributed by atoms with Crippen molar-refractivity contribution in [3.8, 4) is 23.3 Å². The lowest BCUT2D eigenvalue weighted by atomic mass is 10.0. The van der Waals surface area contributed by atoms with Crippen molar-refractivity contribution in [3.05, 3.63) is 124 Å². The number of urea groups is 1. The summed E-state index contributed by atoms with van der Waals surface area (Å²) in [4.78, 5) is 16.6. The summed E-state index contributed by atoms with van der Waals surface area (Å²) >= 11 is 12.9. The molecule has 0 spiro atoms. The molecule has 5 aromatic carbocycles. The number of fused-ring (bicyclic) bond motifs is 1. The number of hydrogen-bond acceptors (Lipinski definition) is 19. The maximum absolute atomic E-state index is 13.0. The van der Waals surface area contributed by atoms with E-state index in [1.807, 2.05) is 6.07 Å². The predicted molar refractivity (Wildman–Crippen MR) is 274 cm³/mol. The topological polar surface area (TPSA) is 370 Å². The van der Waals surface area contributed by atoms with Crippen molar-refractivity contribution < 1.29 is 53.9 Å². The maximum Gasteiger partial charge on any atom is 0.321 e. The van der Waals surface area contributed by atoms with E-state index >= 15 is 0 Å². The highest BCUT2D eigenvalue weighted by Crippen LogP contribution is 2.49. The zero-order chi connectivity index (χ0) is 53.7. The largest absolute Gasteiger partial charge is 0.395 e. The van der Waals surface area contributed by atoms with Crippen molar-refractivity contribution in [2.24, 2.45) is 20.5 Å². The molecule has 0 unspecified atom stereocenters. The van der Waals surface area contributed by atoms with Gasteiger partial charge in [-0.2, -0.15) is 35.8 Å². The lowest BCUT2D eigenvalue weighted by Gasteiger charge is -2.21. The second kappa shape index (κ2) is 22.3. The number of rotatable bonds is 17. The molecule has 0 saturated heterocycles. The molecule has 380 valence electrons. The van der Waals surface area contributed by atoms with Crippen molar-refractivity contribution in [3.63, 3.8) is 0 Å². The number of halogens is 2. The van der Waals surface area contributed by atoms with Gasteiger partial charge in [0.15, 0.2) is 16.6 Å². The summed E-state index contributed by atoms with van der Waals surface area (Å²) in [6.07, 6.45) is 0. The molecule has 29 heteroatoms. The van der Waals surface area contributed by atoms with Crippen LogP contribution in [0.15, 0.2) is 132 Å². The number of amides is 2. The summed E-state index contributed by atoms with van der Waals surface area (Å²) in [7, 11) is -14.8. The number of azo groups is 2. The molecule has 0 radical (unpaired) electrons. The third kappa shape index (κ3) is 12.3. The minimum Gasteiger partial charge on any atom is -0.395 e. The number of aliphatic hydroxyl groups is 2. The molecule has 2 aromatic heterocycles. The number of thiophene rings is 1. The van der Waals surface area contributed by atoms with Gasteiger partial charge in [0, 0.05) is 57.1 Å². The molecule has 74 heavy (non-hydrogen) atoms. The van der Waals surface area contributed by atoms with Gasteiger partial charge in [-0.3, -0.25) is 13.7 Å². The summed E-state index contributed by atoms with van der Waals surface area (Å²) < 4.78 is 104. The number of anilines is 5. The first-order chi connectivity index (χ1) is 35.0. The molecule has 23 nitrogen and oxygen atoms in total. The molecule has 0 aliphatic rings. The molecule has 8 N–H and O–H groups in total. The molecule has 2 heterocycles. The number of nitrogens with zero attached hydrogens (tertiary/aromatic N) is 8. The minimum absolute atomic E-state index is 0.0291. The maximum atomic E-state index is 13.0. The van der Waals surface area contributed by atoms with Gasteiger partial charge in [-0.15, -0.1) is 20.5 Å². The Hall–Kier alpha value is -7.51. The van der Waals surface area contributed by atoms with Crippen molar-refractivity contribution in [2.75, 3.05) is 42.3 Å². The molecule has 2 amide bonds. The molecular weight excluding hydrogens is 1090 g/mol. The molecule has 0 bridgehead atoms. The van der Waals surface area contributed by atoms with Crippen LogP contribution in [0.25, 0.3) is 21.9 Å². The normalized spacial score (nSPS) is 12.0. The fourth-order valence-electron chi connectivity index (χ4n) is 7.12. The Bertz CT molecular complexity index is 3860. The van der Waals surface area contributed by atoms with Crippen LogP contribution < -0.4 is 16.0 Å². The Morgan fingerprint density at radius 2 is 1.27 bits per heavy atom. The summed E-state index contributed by atoms with van der Waals surface area (Å²) in [5.41, 5.74) is 0.621. The highest BCUT2D eigenvalue weighted by atomic mass is 35.5. The fraction of sp³-hybridized carbons (Fsp3) is 0.111. The van der Waals surface area contributed by atoms with E-state index in [0.29, 0.717) is 10.7 Å². The Morgan fingerprint density at radius 3 is 1.88 bits per heavy atom. The van der Waals surface area contributed by atoms with Crippen molar-refractivity contribution >= 4 is 132 Å². The fourth-order valence-corrected chi connectivity index (χ4v) is 10.6. The number of hydrogen-bond donors (Lipinski definition) is 8. The van der Waals surface area contributed by atoms with Crippen LogP contribution in [0.3, 0.4) is 0 Å². The lowest BCUT2D eigenvalue weighted by molar-refractivity contribution is 0.167. The van der Waals surface area contributed by atoms with E-state index in [0.717, 1.165) is 41.7 Å². The van der Waals surface area contributed by atoms with Crippen LogP contribution >= 0.6 is 34.5 Å². The Balaban J connectivity index is 1.40. The second-order valence-corrected chi connectivity index (χ2v) is 21.3. The van der Waals surface area contributed by atoms with E-state index < -0.39 is 51.1 Å². The first kappa shape index (κ1) is 54.3. The molecule has 0 atom stereocenters. The van der Waals surface area contributed by atoms with E-state index in [4.69, 9.17) is 23.2 Å². The van der Waals surface area contributed by atoms with Crippen molar-refractivity contribution in [1.29, 1.82) is 10.5 Å². The number of carbonyl (C=O) groups is 1. The summed E-state index contributed by atoms with van der Waals surface area (Å²) in [5.74, 6) is -0.134. The van der Waals surface area contributed by atoms with Gasteiger partial charge in [0.25, 0.3) is 30.4 Å². The van der Waals surface area contributed by atoms with Crippen LogP contribution in [0.2, 0.25) is 10.0 Å². The smallest absolute Gasteiger partial charge is 0.321 e. The van der Waals surface area contributed by atoms with Gasteiger partial charge in [0.2, 0.25) is 0 Å². The average molecular weight is 1120 g/mol. The zero-order valence-electron chi connectivity index (χ0n) is 37.6. The zero-order valence-corrected chi connectivity index (χ0v) is 42.4. The number of benzene rings is 5. The second-order valence-electron chi connectivity index (χ2n) is 15.3. The lowest BCUT2D eigenvalue weighted by Crippen LogP contribution is -2.38. The monoisotopic (exact) mass is 1120 g/mol. The summed E-state index contributed by atoms with van der Waals surface area (Å²) in [6, 6.07) is 24.8. The van der Waals surface area contributed by atoms with E-state index in [9.17, 15) is 64.4 Å². The van der Waals surface area contributed by atoms with Gasteiger partial charge in [-0.1, -0.05) is 58.8 Å². The third-order valence-corrected chi connectivity index (χ3v) is 14.8. The third-order valence-electron chi connectivity index (χ3n) is 10.5. The van der Waals surface area contributed by atoms with Crippen LogP contribution in [0.4, 0.5) is 54.9 Å². The average Bonchev–Trinajstić information content (AvgIpc) is 3.70. The predicted octanol–water partition coefficient (Wildman–Crippen LogP) is 10.2. The van der Waals surface area contributed by atoms with Crippen LogP contribution in [0.5, 0.6) is 0 Å². The summed E-state index contributed by atoms with van der Waals surface area (Å²) in [5, 5.41) is 65.4. The number of aromatic nitrogens is 1. The molecule has 7 rings (SSSR count). The molecule has 0 fully saturated rings. The SMILES string of the molecule is Cc1c(C#N)c(Nc2ccc(Cl)c(S(=O)(=O)O)c2)nc(Nc2ccc(Cl)cc2)c1N=Nc1sc(N=Nc2cc(S(=O)(=O)O)c3cccc(S(=O)(=O)O)c3c2)c(-c2ccc(NC(=O)N(CCO)CCO)cc2)c1C#N. The van der Waals surface area contributed by atoms with Crippen LogP contribution in [0, 0.1) is 29.6 Å². The first-order valence-corrected chi connectivity index (χ1v) is 26.7. The van der Waals surface area contributed by atoms with E-state index in [1.165, 1.54) is 54.3 Å². The van der Waals surface area contributed by atoms with Gasteiger partial charge in [-0.05, 0) is 85.3 Å². The van der Waals surface area contributed by atoms with E-state index in [1.54, 1.807) is 24.3 Å². The first-order valence-electron chi connectivity index (χ1n) is 20.9. The van der Waals surface area contributed by atoms with Crippen molar-refractivity contribution in [2.45, 2.75) is 21.6 Å². The molecular formula is C45H35Cl2N11O12S4. The van der Waals surface area contributed by atoms with E-state index in [2.05, 4.69) is 47.5 Å². The van der Waals surface area contributed by atoms with Crippen molar-refractivity contribution in [1.82, 2.24) is 9.88 Å². The van der Waals surface area contributed by atoms with Crippen LogP contribution in [0.1, 0.15) is 16.7 Å². The highest BCUT2D eigenvalue weighted by molar-refractivity contribution is 7.86. The van der Waals surface area contributed by atoms with Gasteiger partial charge in [0.1, 0.15) is 43.1 Å². The highest BCUT2D eigenvalue weighted by Gasteiger charge is 2.25. The number of aliphatic hydroxyl groups excluding tert-OH is 2. The Morgan fingerprint density at radius 1 is 0.676 bits per heavy atom. The molecule has 0 aliphatic carbocycles.